The summed E-state index contributed by atoms with van der Waals surface area (Å²) in [5.41, 5.74) is 3.04. The van der Waals surface area contributed by atoms with Gasteiger partial charge in [-0.3, -0.25) is 4.21 Å². The Morgan fingerprint density at radius 2 is 2.39 bits per heavy atom. The molecule has 18 heavy (non-hydrogen) atoms. The number of thiazole rings is 1. The quantitative estimate of drug-likeness (QED) is 0.905. The van der Waals surface area contributed by atoms with Gasteiger partial charge in [0, 0.05) is 39.3 Å². The summed E-state index contributed by atoms with van der Waals surface area (Å²) in [6.07, 6.45) is 4.63. The fraction of sp³-hybridized carbons (Fsp3) is 0.769. The number of rotatable bonds is 5. The molecule has 3 nitrogen and oxygen atoms in total. The van der Waals surface area contributed by atoms with Crippen LogP contribution in [0.25, 0.3) is 0 Å². The van der Waals surface area contributed by atoms with Crippen molar-refractivity contribution in [3.8, 4) is 0 Å². The van der Waals surface area contributed by atoms with Crippen molar-refractivity contribution in [2.45, 2.75) is 57.4 Å². The third-order valence-electron chi connectivity index (χ3n) is 3.68. The second-order valence-corrected chi connectivity index (χ2v) is 7.84. The largest absolute Gasteiger partial charge is 0.309 e. The molecule has 1 fully saturated rings. The third kappa shape index (κ3) is 3.62. The van der Waals surface area contributed by atoms with Gasteiger partial charge in [0.2, 0.25) is 0 Å². The third-order valence-corrected chi connectivity index (χ3v) is 6.35. The van der Waals surface area contributed by atoms with Gasteiger partial charge in [-0.15, -0.1) is 11.3 Å². The van der Waals surface area contributed by atoms with Crippen LogP contribution in [0, 0.1) is 6.92 Å². The minimum atomic E-state index is -0.629. The number of hydrogen-bond donors (Lipinski definition) is 1. The predicted octanol–water partition coefficient (Wildman–Crippen LogP) is 2.62. The average Bonchev–Trinajstić information content (AvgIpc) is 2.81. The number of nitrogens with one attached hydrogen (secondary N) is 1. The smallest absolute Gasteiger partial charge is 0.0798 e. The first-order chi connectivity index (χ1) is 8.70. The van der Waals surface area contributed by atoms with E-state index in [1.165, 1.54) is 17.7 Å². The summed E-state index contributed by atoms with van der Waals surface area (Å²) >= 11 is 1.72. The Hall–Kier alpha value is -0.260. The van der Waals surface area contributed by atoms with Crippen LogP contribution in [0.5, 0.6) is 0 Å². The molecule has 2 rings (SSSR count). The van der Waals surface area contributed by atoms with Gasteiger partial charge in [-0.05, 0) is 26.2 Å². The first-order valence-corrected chi connectivity index (χ1v) is 8.96. The zero-order chi connectivity index (χ0) is 13.0. The summed E-state index contributed by atoms with van der Waals surface area (Å²) in [6.45, 7) is 4.99. The molecule has 0 saturated heterocycles. The van der Waals surface area contributed by atoms with E-state index in [2.05, 4.69) is 17.2 Å². The highest BCUT2D eigenvalue weighted by atomic mass is 32.2. The summed E-state index contributed by atoms with van der Waals surface area (Å²) < 4.78 is 11.9. The van der Waals surface area contributed by atoms with Crippen molar-refractivity contribution < 1.29 is 4.21 Å². The molecule has 0 aliphatic heterocycles. The van der Waals surface area contributed by atoms with Crippen LogP contribution < -0.4 is 5.32 Å². The molecule has 0 aromatic carbocycles. The van der Waals surface area contributed by atoms with Crippen LogP contribution in [0.1, 0.15) is 43.2 Å². The molecule has 5 heteroatoms. The second kappa shape index (κ2) is 6.78. The molecule has 0 bridgehead atoms. The maximum Gasteiger partial charge on any atom is 0.0798 e. The molecule has 1 N–H and O–H groups in total. The van der Waals surface area contributed by atoms with Gasteiger partial charge < -0.3 is 5.32 Å². The summed E-state index contributed by atoms with van der Waals surface area (Å²) in [4.78, 5) is 5.59. The standard InChI is InChI=1S/C13H22N2OS2/c1-3-18(16)12-6-4-5-11(7-12)14-8-13-10(2)15-9-17-13/h9,11-12,14H,3-8H2,1-2H3/t11-,12-,18+/m1/s1. The van der Waals surface area contributed by atoms with Gasteiger partial charge in [-0.25, -0.2) is 4.98 Å². The van der Waals surface area contributed by atoms with E-state index in [1.54, 1.807) is 11.3 Å². The number of aromatic nitrogens is 1. The molecule has 102 valence electrons. The molecule has 0 amide bonds. The van der Waals surface area contributed by atoms with Crippen molar-refractivity contribution in [2.24, 2.45) is 0 Å². The van der Waals surface area contributed by atoms with E-state index in [0.717, 1.165) is 30.8 Å². The molecular formula is C13H22N2OS2. The SMILES string of the molecule is CC[S@](=O)[C@@H]1CCC[C@@H](NCc2scnc2C)C1. The lowest BCUT2D eigenvalue weighted by Crippen LogP contribution is -2.37. The van der Waals surface area contributed by atoms with Crippen LogP contribution >= 0.6 is 11.3 Å². The summed E-state index contributed by atoms with van der Waals surface area (Å²) in [5, 5.41) is 4.02. The Labute approximate surface area is 116 Å². The zero-order valence-electron chi connectivity index (χ0n) is 11.1. The maximum atomic E-state index is 11.9. The molecule has 1 aromatic rings. The van der Waals surface area contributed by atoms with E-state index in [0.29, 0.717) is 11.3 Å². The molecule has 3 atom stereocenters. The average molecular weight is 286 g/mol. The first-order valence-electron chi connectivity index (χ1n) is 6.70. The molecular weight excluding hydrogens is 264 g/mol. The minimum absolute atomic E-state index is 0.406. The topological polar surface area (TPSA) is 42.0 Å². The van der Waals surface area contributed by atoms with Crippen LogP contribution in [0.15, 0.2) is 5.51 Å². The number of hydrogen-bond acceptors (Lipinski definition) is 4. The summed E-state index contributed by atoms with van der Waals surface area (Å²) in [5.74, 6) is 0.797. The van der Waals surface area contributed by atoms with E-state index < -0.39 is 10.8 Å². The summed E-state index contributed by atoms with van der Waals surface area (Å²) in [7, 11) is -0.629. The monoisotopic (exact) mass is 286 g/mol. The Bertz CT molecular complexity index is 405. The molecule has 1 aromatic heterocycles. The first kappa shape index (κ1) is 14.2. The zero-order valence-corrected chi connectivity index (χ0v) is 12.8. The van der Waals surface area contributed by atoms with Gasteiger partial charge in [0.1, 0.15) is 0 Å². The fourth-order valence-electron chi connectivity index (χ4n) is 2.54. The Balaban J connectivity index is 1.83. The van der Waals surface area contributed by atoms with Crippen LogP contribution in [-0.2, 0) is 17.3 Å². The molecule has 1 aliphatic rings. The molecule has 0 unspecified atom stereocenters. The van der Waals surface area contributed by atoms with Gasteiger partial charge in [-0.1, -0.05) is 13.3 Å². The highest BCUT2D eigenvalue weighted by Gasteiger charge is 2.25. The lowest BCUT2D eigenvalue weighted by Gasteiger charge is -2.29. The molecule has 1 saturated carbocycles. The molecule has 0 spiro atoms. The van der Waals surface area contributed by atoms with Gasteiger partial charge in [0.15, 0.2) is 0 Å². The van der Waals surface area contributed by atoms with Crippen LogP contribution in [0.3, 0.4) is 0 Å². The van der Waals surface area contributed by atoms with E-state index in [1.807, 2.05) is 12.4 Å². The number of aryl methyl sites for hydroxylation is 1. The lowest BCUT2D eigenvalue weighted by atomic mass is 9.95. The number of nitrogens with zero attached hydrogens (tertiary/aromatic N) is 1. The molecule has 1 heterocycles. The summed E-state index contributed by atoms with van der Waals surface area (Å²) in [6, 6.07) is 0.528. The van der Waals surface area contributed by atoms with E-state index in [9.17, 15) is 4.21 Å². The molecule has 1 aliphatic carbocycles. The second-order valence-electron chi connectivity index (χ2n) is 4.90. The van der Waals surface area contributed by atoms with Crippen LogP contribution in [-0.4, -0.2) is 26.2 Å². The maximum absolute atomic E-state index is 11.9. The van der Waals surface area contributed by atoms with Crippen molar-refractivity contribution in [2.75, 3.05) is 5.75 Å². The lowest BCUT2D eigenvalue weighted by molar-refractivity contribution is 0.376. The van der Waals surface area contributed by atoms with E-state index >= 15 is 0 Å². The highest BCUT2D eigenvalue weighted by Crippen LogP contribution is 2.23. The van der Waals surface area contributed by atoms with Crippen LogP contribution in [0.4, 0.5) is 0 Å². The van der Waals surface area contributed by atoms with Crippen molar-refractivity contribution >= 4 is 22.1 Å². The Morgan fingerprint density at radius 1 is 1.56 bits per heavy atom. The minimum Gasteiger partial charge on any atom is -0.309 e. The van der Waals surface area contributed by atoms with Crippen LogP contribution in [0.2, 0.25) is 0 Å². The van der Waals surface area contributed by atoms with Crippen molar-refractivity contribution in [3.05, 3.63) is 16.1 Å². The van der Waals surface area contributed by atoms with Crippen molar-refractivity contribution in [3.63, 3.8) is 0 Å². The van der Waals surface area contributed by atoms with Gasteiger partial charge >= 0.3 is 0 Å². The normalized spacial score (nSPS) is 26.1. The fourth-order valence-corrected chi connectivity index (χ4v) is 4.61. The van der Waals surface area contributed by atoms with Gasteiger partial charge in [-0.2, -0.15) is 0 Å². The predicted molar refractivity (Wildman–Crippen MR) is 78.4 cm³/mol. The van der Waals surface area contributed by atoms with Crippen molar-refractivity contribution in [1.29, 1.82) is 0 Å². The highest BCUT2D eigenvalue weighted by molar-refractivity contribution is 7.85. The van der Waals surface area contributed by atoms with Gasteiger partial charge in [0.25, 0.3) is 0 Å². The Kier molecular flexibility index (Phi) is 5.33. The van der Waals surface area contributed by atoms with Gasteiger partial charge in [0.05, 0.1) is 11.2 Å². The molecule has 0 radical (unpaired) electrons. The van der Waals surface area contributed by atoms with Crippen molar-refractivity contribution in [1.82, 2.24) is 10.3 Å². The Morgan fingerprint density at radius 3 is 3.06 bits per heavy atom. The van der Waals surface area contributed by atoms with E-state index in [-0.39, 0.29) is 0 Å². The van der Waals surface area contributed by atoms with E-state index in [4.69, 9.17) is 0 Å².